The van der Waals surface area contributed by atoms with E-state index < -0.39 is 0 Å². The Morgan fingerprint density at radius 1 is 1.18 bits per heavy atom. The number of nitrogens with zero attached hydrogens (tertiary/aromatic N) is 2. The van der Waals surface area contributed by atoms with Crippen LogP contribution in [0.15, 0.2) is 30.3 Å². The van der Waals surface area contributed by atoms with Crippen molar-refractivity contribution in [2.45, 2.75) is 19.8 Å². The molecule has 0 aliphatic rings. The summed E-state index contributed by atoms with van der Waals surface area (Å²) >= 11 is 2.21. The fourth-order valence-corrected chi connectivity index (χ4v) is 2.14. The fourth-order valence-electron chi connectivity index (χ4n) is 1.63. The van der Waals surface area contributed by atoms with Crippen molar-refractivity contribution in [3.63, 3.8) is 0 Å². The Morgan fingerprint density at radius 2 is 1.88 bits per heavy atom. The van der Waals surface area contributed by atoms with Crippen LogP contribution in [0.1, 0.15) is 19.0 Å². The van der Waals surface area contributed by atoms with Gasteiger partial charge in [0.15, 0.2) is 5.82 Å². The molecule has 1 aromatic heterocycles. The smallest absolute Gasteiger partial charge is 0.161 e. The highest BCUT2D eigenvalue weighted by atomic mass is 127. The molecule has 0 fully saturated rings. The third kappa shape index (κ3) is 2.74. The second-order valence-corrected chi connectivity index (χ2v) is 4.89. The zero-order valence-corrected chi connectivity index (χ0v) is 11.8. The summed E-state index contributed by atoms with van der Waals surface area (Å²) in [7, 11) is 0. The van der Waals surface area contributed by atoms with Gasteiger partial charge in [0.2, 0.25) is 0 Å². The Hall–Kier alpha value is -1.17. The summed E-state index contributed by atoms with van der Waals surface area (Å²) in [5.74, 6) is 1.29. The molecule has 0 unspecified atom stereocenters. The van der Waals surface area contributed by atoms with Gasteiger partial charge >= 0.3 is 0 Å². The number of hydrogen-bond acceptors (Lipinski definition) is 3. The highest BCUT2D eigenvalue weighted by molar-refractivity contribution is 14.1. The van der Waals surface area contributed by atoms with Gasteiger partial charge in [0, 0.05) is 5.56 Å². The van der Waals surface area contributed by atoms with Gasteiger partial charge in [-0.1, -0.05) is 43.7 Å². The van der Waals surface area contributed by atoms with Crippen LogP contribution >= 0.6 is 22.6 Å². The van der Waals surface area contributed by atoms with Crippen molar-refractivity contribution in [3.05, 3.63) is 39.6 Å². The zero-order valence-electron chi connectivity index (χ0n) is 9.65. The van der Waals surface area contributed by atoms with Gasteiger partial charge in [-0.25, -0.2) is 9.97 Å². The number of halogens is 1. The Balaban J connectivity index is 2.49. The van der Waals surface area contributed by atoms with Crippen molar-refractivity contribution in [2.24, 2.45) is 0 Å². The summed E-state index contributed by atoms with van der Waals surface area (Å²) < 4.78 is 0.976. The van der Waals surface area contributed by atoms with Gasteiger partial charge in [-0.2, -0.15) is 0 Å². The summed E-state index contributed by atoms with van der Waals surface area (Å²) in [5.41, 5.74) is 7.98. The summed E-state index contributed by atoms with van der Waals surface area (Å²) in [6, 6.07) is 9.93. The van der Waals surface area contributed by atoms with Gasteiger partial charge < -0.3 is 5.73 Å². The van der Waals surface area contributed by atoms with Crippen molar-refractivity contribution < 1.29 is 0 Å². The Bertz CT molecular complexity index is 512. The van der Waals surface area contributed by atoms with E-state index in [9.17, 15) is 0 Å². The van der Waals surface area contributed by atoms with Crippen LogP contribution in [-0.2, 0) is 6.42 Å². The maximum Gasteiger partial charge on any atom is 0.161 e. The lowest BCUT2D eigenvalue weighted by Gasteiger charge is -2.08. The van der Waals surface area contributed by atoms with Crippen molar-refractivity contribution in [1.82, 2.24) is 9.97 Å². The average Bonchev–Trinajstić information content (AvgIpc) is 2.36. The minimum Gasteiger partial charge on any atom is -0.383 e. The quantitative estimate of drug-likeness (QED) is 0.873. The molecular formula is C13H14IN3. The van der Waals surface area contributed by atoms with Crippen LogP contribution in [0.3, 0.4) is 0 Å². The topological polar surface area (TPSA) is 51.8 Å². The molecule has 1 aromatic carbocycles. The molecule has 1 heterocycles. The van der Waals surface area contributed by atoms with E-state index in [1.54, 1.807) is 0 Å². The van der Waals surface area contributed by atoms with Crippen LogP contribution < -0.4 is 5.73 Å². The van der Waals surface area contributed by atoms with E-state index in [-0.39, 0.29) is 0 Å². The van der Waals surface area contributed by atoms with Gasteiger partial charge in [-0.05, 0) is 29.0 Å². The second-order valence-electron chi connectivity index (χ2n) is 3.81. The zero-order chi connectivity index (χ0) is 12.3. The molecule has 0 aliphatic carbocycles. The number of aromatic nitrogens is 2. The van der Waals surface area contributed by atoms with Crippen molar-refractivity contribution >= 4 is 28.4 Å². The predicted molar refractivity (Wildman–Crippen MR) is 78.6 cm³/mol. The largest absolute Gasteiger partial charge is 0.383 e. The van der Waals surface area contributed by atoms with Gasteiger partial charge in [0.25, 0.3) is 0 Å². The number of benzene rings is 1. The molecule has 2 aromatic rings. The summed E-state index contributed by atoms with van der Waals surface area (Å²) in [6.45, 7) is 2.14. The monoisotopic (exact) mass is 339 g/mol. The van der Waals surface area contributed by atoms with E-state index in [1.165, 1.54) is 0 Å². The molecular weight excluding hydrogens is 325 g/mol. The van der Waals surface area contributed by atoms with Crippen LogP contribution in [-0.4, -0.2) is 9.97 Å². The lowest BCUT2D eigenvalue weighted by molar-refractivity contribution is 0.869. The Kier molecular flexibility index (Phi) is 3.93. The molecule has 0 amide bonds. The lowest BCUT2D eigenvalue weighted by atomic mass is 10.2. The van der Waals surface area contributed by atoms with Crippen LogP contribution in [0.4, 0.5) is 5.82 Å². The molecule has 3 nitrogen and oxygen atoms in total. The average molecular weight is 339 g/mol. The van der Waals surface area contributed by atoms with E-state index in [2.05, 4.69) is 39.5 Å². The third-order valence-corrected chi connectivity index (χ3v) is 3.64. The molecule has 4 heteroatoms. The third-order valence-electron chi connectivity index (χ3n) is 2.46. The number of nitrogen functional groups attached to an aromatic ring is 1. The Labute approximate surface area is 115 Å². The first-order valence-corrected chi connectivity index (χ1v) is 6.67. The molecule has 0 saturated carbocycles. The highest BCUT2D eigenvalue weighted by Crippen LogP contribution is 2.22. The lowest BCUT2D eigenvalue weighted by Crippen LogP contribution is -2.04. The first kappa shape index (κ1) is 12.3. The normalized spacial score (nSPS) is 10.5. The van der Waals surface area contributed by atoms with Crippen molar-refractivity contribution in [1.29, 1.82) is 0 Å². The van der Waals surface area contributed by atoms with Gasteiger partial charge in [-0.15, -0.1) is 0 Å². The van der Waals surface area contributed by atoms with Crippen LogP contribution in [0.25, 0.3) is 11.4 Å². The van der Waals surface area contributed by atoms with Gasteiger partial charge in [0.1, 0.15) is 5.82 Å². The number of hydrogen-bond donors (Lipinski definition) is 1. The summed E-state index contributed by atoms with van der Waals surface area (Å²) in [4.78, 5) is 8.94. The standard InChI is InChI=1S/C13H14IN3/c1-2-6-10-11(14)12(15)17-13(16-10)9-7-4-3-5-8-9/h3-5,7-8H,2,6H2,1H3,(H2,15,16,17). The molecule has 0 bridgehead atoms. The van der Waals surface area contributed by atoms with Gasteiger partial charge in [-0.3, -0.25) is 0 Å². The summed E-state index contributed by atoms with van der Waals surface area (Å²) in [6.07, 6.45) is 1.99. The van der Waals surface area contributed by atoms with E-state index in [1.807, 2.05) is 30.3 Å². The fraction of sp³-hybridized carbons (Fsp3) is 0.231. The number of aryl methyl sites for hydroxylation is 1. The highest BCUT2D eigenvalue weighted by Gasteiger charge is 2.10. The minimum atomic E-state index is 0.572. The molecule has 2 N–H and O–H groups in total. The minimum absolute atomic E-state index is 0.572. The first-order chi connectivity index (χ1) is 8.22. The molecule has 0 radical (unpaired) electrons. The maximum absolute atomic E-state index is 5.93. The van der Waals surface area contributed by atoms with Crippen molar-refractivity contribution in [2.75, 3.05) is 5.73 Å². The van der Waals surface area contributed by atoms with Crippen molar-refractivity contribution in [3.8, 4) is 11.4 Å². The SMILES string of the molecule is CCCc1nc(-c2ccccc2)nc(N)c1I. The maximum atomic E-state index is 5.93. The van der Waals surface area contributed by atoms with Crippen LogP contribution in [0.2, 0.25) is 0 Å². The molecule has 88 valence electrons. The summed E-state index contributed by atoms with van der Waals surface area (Å²) in [5, 5.41) is 0. The van der Waals surface area contributed by atoms with E-state index >= 15 is 0 Å². The molecule has 0 saturated heterocycles. The predicted octanol–water partition coefficient (Wildman–Crippen LogP) is 3.28. The molecule has 2 rings (SSSR count). The molecule has 0 spiro atoms. The van der Waals surface area contributed by atoms with E-state index in [0.29, 0.717) is 11.6 Å². The van der Waals surface area contributed by atoms with Crippen LogP contribution in [0, 0.1) is 3.57 Å². The van der Waals surface area contributed by atoms with Gasteiger partial charge in [0.05, 0.1) is 9.26 Å². The molecule has 17 heavy (non-hydrogen) atoms. The van der Waals surface area contributed by atoms with Crippen LogP contribution in [0.5, 0.6) is 0 Å². The van der Waals surface area contributed by atoms with E-state index in [4.69, 9.17) is 5.73 Å². The second kappa shape index (κ2) is 5.44. The molecule has 0 atom stereocenters. The number of rotatable bonds is 3. The van der Waals surface area contributed by atoms with E-state index in [0.717, 1.165) is 27.7 Å². The number of anilines is 1. The first-order valence-electron chi connectivity index (χ1n) is 5.59. The Morgan fingerprint density at radius 3 is 2.53 bits per heavy atom. The molecule has 0 aliphatic heterocycles. The number of nitrogens with two attached hydrogens (primary N) is 1.